The number of nitro groups is 1. The van der Waals surface area contributed by atoms with Gasteiger partial charge in [-0.1, -0.05) is 0 Å². The number of rotatable bonds is 4. The van der Waals surface area contributed by atoms with Crippen LogP contribution in [-0.4, -0.2) is 44.5 Å². The normalized spacial score (nSPS) is 21.1. The van der Waals surface area contributed by atoms with Crippen LogP contribution in [0.1, 0.15) is 19.3 Å². The maximum absolute atomic E-state index is 12.6. The SMILES string of the molecule is O=C(O)C1CC12CCN(C(=O)Cn1ccc3cc([N+](=O)[O-])ccc31)CC2. The molecule has 136 valence electrons. The molecule has 1 saturated carbocycles. The summed E-state index contributed by atoms with van der Waals surface area (Å²) in [6.07, 6.45) is 3.98. The van der Waals surface area contributed by atoms with Crippen molar-refractivity contribution < 1.29 is 19.6 Å². The second-order valence-electron chi connectivity index (χ2n) is 7.28. The van der Waals surface area contributed by atoms with Gasteiger partial charge in [-0.15, -0.1) is 0 Å². The number of nitrogens with zero attached hydrogens (tertiary/aromatic N) is 3. The third-order valence-electron chi connectivity index (χ3n) is 5.87. The molecule has 1 aromatic heterocycles. The van der Waals surface area contributed by atoms with E-state index in [4.69, 9.17) is 5.11 Å². The van der Waals surface area contributed by atoms with E-state index >= 15 is 0 Å². The smallest absolute Gasteiger partial charge is 0.307 e. The Balaban J connectivity index is 1.42. The summed E-state index contributed by atoms with van der Waals surface area (Å²) in [5, 5.41) is 20.7. The van der Waals surface area contributed by atoms with Gasteiger partial charge in [0.15, 0.2) is 0 Å². The predicted molar refractivity (Wildman–Crippen MR) is 92.6 cm³/mol. The Kier molecular flexibility index (Phi) is 3.71. The molecular formula is C18H19N3O5. The molecule has 1 amide bonds. The topological polar surface area (TPSA) is 106 Å². The number of carbonyl (C=O) groups is 2. The van der Waals surface area contributed by atoms with Crippen LogP contribution in [0.4, 0.5) is 5.69 Å². The first kappa shape index (κ1) is 16.6. The summed E-state index contributed by atoms with van der Waals surface area (Å²) in [6, 6.07) is 6.36. The molecule has 1 saturated heterocycles. The average Bonchev–Trinajstić information content (AvgIpc) is 3.18. The maximum atomic E-state index is 12.6. The maximum Gasteiger partial charge on any atom is 0.307 e. The number of likely N-dealkylation sites (tertiary alicyclic amines) is 1. The molecule has 1 atom stereocenters. The molecule has 8 nitrogen and oxygen atoms in total. The number of non-ortho nitro benzene ring substituents is 1. The summed E-state index contributed by atoms with van der Waals surface area (Å²) in [6.45, 7) is 1.36. The van der Waals surface area contributed by atoms with Crippen LogP contribution in [0.25, 0.3) is 10.9 Å². The molecule has 1 aromatic carbocycles. The Morgan fingerprint density at radius 3 is 2.62 bits per heavy atom. The molecule has 0 bridgehead atoms. The first-order chi connectivity index (χ1) is 12.4. The van der Waals surface area contributed by atoms with Gasteiger partial charge in [-0.2, -0.15) is 0 Å². The van der Waals surface area contributed by atoms with Crippen LogP contribution in [0.3, 0.4) is 0 Å². The Bertz CT molecular complexity index is 911. The Morgan fingerprint density at radius 1 is 1.27 bits per heavy atom. The molecule has 1 spiro atoms. The summed E-state index contributed by atoms with van der Waals surface area (Å²) in [5.41, 5.74) is 0.715. The summed E-state index contributed by atoms with van der Waals surface area (Å²) in [4.78, 5) is 36.0. The average molecular weight is 357 g/mol. The van der Waals surface area contributed by atoms with Gasteiger partial charge in [0.05, 0.1) is 10.8 Å². The molecule has 2 fully saturated rings. The quantitative estimate of drug-likeness (QED) is 0.667. The number of fused-ring (bicyclic) bond motifs is 1. The van der Waals surface area contributed by atoms with Crippen molar-refractivity contribution >= 4 is 28.5 Å². The minimum atomic E-state index is -0.724. The van der Waals surface area contributed by atoms with Gasteiger partial charge in [-0.25, -0.2) is 0 Å². The van der Waals surface area contributed by atoms with E-state index in [2.05, 4.69) is 0 Å². The first-order valence-electron chi connectivity index (χ1n) is 8.63. The fraction of sp³-hybridized carbons (Fsp3) is 0.444. The lowest BCUT2D eigenvalue weighted by molar-refractivity contribution is -0.384. The van der Waals surface area contributed by atoms with Crippen LogP contribution < -0.4 is 0 Å². The summed E-state index contributed by atoms with van der Waals surface area (Å²) in [7, 11) is 0. The summed E-state index contributed by atoms with van der Waals surface area (Å²) < 4.78 is 1.79. The van der Waals surface area contributed by atoms with E-state index in [9.17, 15) is 19.7 Å². The number of aliphatic carboxylic acids is 1. The number of carbonyl (C=O) groups excluding carboxylic acids is 1. The number of benzene rings is 1. The van der Waals surface area contributed by atoms with Gasteiger partial charge < -0.3 is 14.6 Å². The zero-order chi connectivity index (χ0) is 18.5. The molecule has 1 unspecified atom stereocenters. The van der Waals surface area contributed by atoms with Crippen LogP contribution in [-0.2, 0) is 16.1 Å². The van der Waals surface area contributed by atoms with Crippen molar-refractivity contribution in [2.45, 2.75) is 25.8 Å². The lowest BCUT2D eigenvalue weighted by atomic mass is 9.91. The number of hydrogen-bond acceptors (Lipinski definition) is 4. The van der Waals surface area contributed by atoms with E-state index in [0.717, 1.165) is 30.2 Å². The standard InChI is InChI=1S/C18H19N3O5/c22-16(19-7-4-18(5-8-19)10-14(18)17(23)24)11-20-6-3-12-9-13(21(25)26)1-2-15(12)20/h1-3,6,9,14H,4-5,7-8,10-11H2,(H,23,24). The number of aromatic nitrogens is 1. The lowest BCUT2D eigenvalue weighted by Gasteiger charge is -2.32. The van der Waals surface area contributed by atoms with Crippen molar-refractivity contribution in [1.29, 1.82) is 0 Å². The molecule has 1 N–H and O–H groups in total. The van der Waals surface area contributed by atoms with Crippen molar-refractivity contribution in [3.05, 3.63) is 40.6 Å². The third-order valence-corrected chi connectivity index (χ3v) is 5.87. The second kappa shape index (κ2) is 5.82. The predicted octanol–water partition coefficient (Wildman–Crippen LogP) is 2.26. The van der Waals surface area contributed by atoms with Crippen LogP contribution >= 0.6 is 0 Å². The minimum Gasteiger partial charge on any atom is -0.481 e. The molecule has 2 aromatic rings. The molecule has 1 aliphatic carbocycles. The fourth-order valence-electron chi connectivity index (χ4n) is 4.14. The van der Waals surface area contributed by atoms with E-state index in [1.165, 1.54) is 12.1 Å². The van der Waals surface area contributed by atoms with E-state index in [0.29, 0.717) is 13.1 Å². The Hall–Kier alpha value is -2.90. The molecule has 1 aliphatic heterocycles. The summed E-state index contributed by atoms with van der Waals surface area (Å²) in [5.74, 6) is -0.982. The monoisotopic (exact) mass is 357 g/mol. The zero-order valence-electron chi connectivity index (χ0n) is 14.1. The zero-order valence-corrected chi connectivity index (χ0v) is 14.1. The number of piperidine rings is 1. The van der Waals surface area contributed by atoms with E-state index < -0.39 is 10.9 Å². The molecule has 4 rings (SSSR count). The number of carboxylic acid groups (broad SMARTS) is 1. The van der Waals surface area contributed by atoms with Gasteiger partial charge >= 0.3 is 5.97 Å². The van der Waals surface area contributed by atoms with Crippen molar-refractivity contribution in [2.24, 2.45) is 11.3 Å². The Morgan fingerprint density at radius 2 is 2.00 bits per heavy atom. The second-order valence-corrected chi connectivity index (χ2v) is 7.28. The van der Waals surface area contributed by atoms with Crippen LogP contribution in [0, 0.1) is 21.4 Å². The van der Waals surface area contributed by atoms with Gasteiger partial charge in [-0.05, 0) is 36.8 Å². The number of carboxylic acids is 1. The Labute approximate surface area is 149 Å². The molecule has 8 heteroatoms. The van der Waals surface area contributed by atoms with E-state index in [1.54, 1.807) is 27.8 Å². The van der Waals surface area contributed by atoms with E-state index in [1.807, 2.05) is 0 Å². The first-order valence-corrected chi connectivity index (χ1v) is 8.63. The van der Waals surface area contributed by atoms with Gasteiger partial charge in [0.25, 0.3) is 5.69 Å². The molecular weight excluding hydrogens is 338 g/mol. The van der Waals surface area contributed by atoms with Crippen molar-refractivity contribution in [1.82, 2.24) is 9.47 Å². The number of hydrogen-bond donors (Lipinski definition) is 1. The molecule has 2 heterocycles. The largest absolute Gasteiger partial charge is 0.481 e. The highest BCUT2D eigenvalue weighted by Gasteiger charge is 2.59. The van der Waals surface area contributed by atoms with Gasteiger partial charge in [0.1, 0.15) is 6.54 Å². The number of nitro benzene ring substituents is 1. The highest BCUT2D eigenvalue weighted by atomic mass is 16.6. The van der Waals surface area contributed by atoms with Crippen molar-refractivity contribution in [3.8, 4) is 0 Å². The van der Waals surface area contributed by atoms with Crippen molar-refractivity contribution in [2.75, 3.05) is 13.1 Å². The third kappa shape index (κ3) is 2.71. The number of amides is 1. The molecule has 0 radical (unpaired) electrons. The van der Waals surface area contributed by atoms with Crippen LogP contribution in [0.2, 0.25) is 0 Å². The summed E-state index contributed by atoms with van der Waals surface area (Å²) >= 11 is 0. The highest BCUT2D eigenvalue weighted by Crippen LogP contribution is 2.59. The van der Waals surface area contributed by atoms with Crippen LogP contribution in [0.15, 0.2) is 30.5 Å². The van der Waals surface area contributed by atoms with Crippen molar-refractivity contribution in [3.63, 3.8) is 0 Å². The van der Waals surface area contributed by atoms with E-state index in [-0.39, 0.29) is 29.5 Å². The lowest BCUT2D eigenvalue weighted by Crippen LogP contribution is -2.41. The van der Waals surface area contributed by atoms with Gasteiger partial charge in [0.2, 0.25) is 5.91 Å². The van der Waals surface area contributed by atoms with Crippen LogP contribution in [0.5, 0.6) is 0 Å². The molecule has 26 heavy (non-hydrogen) atoms. The molecule has 2 aliphatic rings. The van der Waals surface area contributed by atoms with Gasteiger partial charge in [0, 0.05) is 42.3 Å². The highest BCUT2D eigenvalue weighted by molar-refractivity contribution is 5.85. The fourth-order valence-corrected chi connectivity index (χ4v) is 4.14. The minimum absolute atomic E-state index is 0.0109. The van der Waals surface area contributed by atoms with Gasteiger partial charge in [-0.3, -0.25) is 19.7 Å².